The van der Waals surface area contributed by atoms with E-state index in [2.05, 4.69) is 13.8 Å². The molecule has 0 aromatic heterocycles. The van der Waals surface area contributed by atoms with E-state index in [0.717, 1.165) is 31.2 Å². The standard InChI is InChI=1S/C17H25FO/c1-12(2)14-5-4-9-17(19,10-8-14)15-6-7-16(18)13(3)11-15/h6-7,11-12,14,19H,4-5,8-10H2,1-3H3. The molecule has 0 amide bonds. The van der Waals surface area contributed by atoms with E-state index in [1.807, 2.05) is 6.07 Å². The Morgan fingerprint density at radius 3 is 2.63 bits per heavy atom. The molecule has 2 rings (SSSR count). The van der Waals surface area contributed by atoms with Gasteiger partial charge in [0.25, 0.3) is 0 Å². The predicted molar refractivity (Wildman–Crippen MR) is 76.4 cm³/mol. The summed E-state index contributed by atoms with van der Waals surface area (Å²) in [6.07, 6.45) is 4.89. The molecule has 1 fully saturated rings. The maximum Gasteiger partial charge on any atom is 0.126 e. The summed E-state index contributed by atoms with van der Waals surface area (Å²) < 4.78 is 13.4. The predicted octanol–water partition coefficient (Wildman–Crippen LogP) is 4.56. The van der Waals surface area contributed by atoms with Crippen molar-refractivity contribution in [3.63, 3.8) is 0 Å². The molecule has 0 radical (unpaired) electrons. The van der Waals surface area contributed by atoms with Crippen molar-refractivity contribution in [2.75, 3.05) is 0 Å². The number of aliphatic hydroxyl groups is 1. The molecule has 0 aliphatic heterocycles. The number of hydrogen-bond donors (Lipinski definition) is 1. The maximum absolute atomic E-state index is 13.4. The third-order valence-electron chi connectivity index (χ3n) is 4.73. The van der Waals surface area contributed by atoms with E-state index in [-0.39, 0.29) is 5.82 Å². The van der Waals surface area contributed by atoms with Crippen LogP contribution in [0.3, 0.4) is 0 Å². The number of hydrogen-bond acceptors (Lipinski definition) is 1. The first-order valence-electron chi connectivity index (χ1n) is 7.41. The highest BCUT2D eigenvalue weighted by Crippen LogP contribution is 2.40. The zero-order valence-electron chi connectivity index (χ0n) is 12.2. The molecule has 0 bridgehead atoms. The van der Waals surface area contributed by atoms with Gasteiger partial charge in [-0.15, -0.1) is 0 Å². The summed E-state index contributed by atoms with van der Waals surface area (Å²) in [5, 5.41) is 10.9. The average molecular weight is 264 g/mol. The fourth-order valence-corrected chi connectivity index (χ4v) is 3.24. The van der Waals surface area contributed by atoms with Crippen LogP contribution in [0.2, 0.25) is 0 Å². The van der Waals surface area contributed by atoms with Crippen molar-refractivity contribution in [3.05, 3.63) is 35.1 Å². The van der Waals surface area contributed by atoms with Gasteiger partial charge in [-0.25, -0.2) is 4.39 Å². The second-order valence-electron chi connectivity index (χ2n) is 6.43. The minimum absolute atomic E-state index is 0.193. The monoisotopic (exact) mass is 264 g/mol. The lowest BCUT2D eigenvalue weighted by molar-refractivity contribution is 0.0190. The molecule has 2 unspecified atom stereocenters. The van der Waals surface area contributed by atoms with Gasteiger partial charge in [-0.05, 0) is 61.6 Å². The second kappa shape index (κ2) is 5.62. The van der Waals surface area contributed by atoms with Crippen molar-refractivity contribution in [1.82, 2.24) is 0 Å². The highest BCUT2D eigenvalue weighted by Gasteiger charge is 2.33. The molecule has 1 aromatic carbocycles. The van der Waals surface area contributed by atoms with E-state index in [0.29, 0.717) is 17.4 Å². The lowest BCUT2D eigenvalue weighted by Crippen LogP contribution is -2.25. The largest absolute Gasteiger partial charge is 0.385 e. The Labute approximate surface area is 115 Å². The summed E-state index contributed by atoms with van der Waals surface area (Å²) in [6, 6.07) is 5.04. The first-order valence-corrected chi connectivity index (χ1v) is 7.41. The van der Waals surface area contributed by atoms with Crippen LogP contribution in [0, 0.1) is 24.6 Å². The van der Waals surface area contributed by atoms with Gasteiger partial charge >= 0.3 is 0 Å². The Bertz CT molecular complexity index is 441. The first kappa shape index (κ1) is 14.5. The zero-order valence-corrected chi connectivity index (χ0v) is 12.2. The van der Waals surface area contributed by atoms with E-state index in [1.165, 1.54) is 12.5 Å². The van der Waals surface area contributed by atoms with Crippen molar-refractivity contribution in [2.45, 2.75) is 58.5 Å². The summed E-state index contributed by atoms with van der Waals surface area (Å²) in [5.41, 5.74) is 0.744. The van der Waals surface area contributed by atoms with Gasteiger partial charge in [-0.1, -0.05) is 32.4 Å². The summed E-state index contributed by atoms with van der Waals surface area (Å²) >= 11 is 0. The molecule has 1 aliphatic rings. The van der Waals surface area contributed by atoms with Crippen LogP contribution in [-0.2, 0) is 5.60 Å². The van der Waals surface area contributed by atoms with Crippen LogP contribution < -0.4 is 0 Å². The zero-order chi connectivity index (χ0) is 14.0. The summed E-state index contributed by atoms with van der Waals surface area (Å²) in [5.74, 6) is 1.19. The molecule has 2 atom stereocenters. The Kier molecular flexibility index (Phi) is 4.29. The second-order valence-corrected chi connectivity index (χ2v) is 6.43. The molecule has 1 nitrogen and oxygen atoms in total. The highest BCUT2D eigenvalue weighted by atomic mass is 19.1. The third kappa shape index (κ3) is 3.17. The van der Waals surface area contributed by atoms with Crippen molar-refractivity contribution >= 4 is 0 Å². The third-order valence-corrected chi connectivity index (χ3v) is 4.73. The minimum atomic E-state index is -0.762. The molecular formula is C17H25FO. The molecule has 1 N–H and O–H groups in total. The SMILES string of the molecule is Cc1cc(C2(O)CCCC(C(C)C)CC2)ccc1F. The van der Waals surface area contributed by atoms with Gasteiger partial charge in [-0.2, -0.15) is 0 Å². The van der Waals surface area contributed by atoms with Gasteiger partial charge in [0.15, 0.2) is 0 Å². The maximum atomic E-state index is 13.4. The number of aryl methyl sites for hydroxylation is 1. The molecule has 0 saturated heterocycles. The molecule has 0 spiro atoms. The highest BCUT2D eigenvalue weighted by molar-refractivity contribution is 5.28. The molecular weight excluding hydrogens is 239 g/mol. The van der Waals surface area contributed by atoms with Crippen molar-refractivity contribution in [2.24, 2.45) is 11.8 Å². The van der Waals surface area contributed by atoms with E-state index < -0.39 is 5.60 Å². The number of halogens is 1. The smallest absolute Gasteiger partial charge is 0.126 e. The van der Waals surface area contributed by atoms with E-state index in [9.17, 15) is 9.50 Å². The average Bonchev–Trinajstić information content (AvgIpc) is 2.56. The van der Waals surface area contributed by atoms with Gasteiger partial charge in [0.1, 0.15) is 5.82 Å². The van der Waals surface area contributed by atoms with Crippen LogP contribution in [0.4, 0.5) is 4.39 Å². The molecule has 106 valence electrons. The molecule has 0 heterocycles. The van der Waals surface area contributed by atoms with Crippen LogP contribution in [0.5, 0.6) is 0 Å². The van der Waals surface area contributed by atoms with Crippen molar-refractivity contribution in [3.8, 4) is 0 Å². The quantitative estimate of drug-likeness (QED) is 0.776. The minimum Gasteiger partial charge on any atom is -0.385 e. The van der Waals surface area contributed by atoms with Crippen LogP contribution in [0.1, 0.15) is 57.1 Å². The van der Waals surface area contributed by atoms with Gasteiger partial charge in [-0.3, -0.25) is 0 Å². The Hall–Kier alpha value is -0.890. The van der Waals surface area contributed by atoms with Gasteiger partial charge < -0.3 is 5.11 Å². The lowest BCUT2D eigenvalue weighted by atomic mass is 9.84. The van der Waals surface area contributed by atoms with Crippen LogP contribution in [0.15, 0.2) is 18.2 Å². The van der Waals surface area contributed by atoms with Crippen LogP contribution in [-0.4, -0.2) is 5.11 Å². The molecule has 19 heavy (non-hydrogen) atoms. The first-order chi connectivity index (χ1) is 8.92. The lowest BCUT2D eigenvalue weighted by Gasteiger charge is -2.28. The van der Waals surface area contributed by atoms with Gasteiger partial charge in [0, 0.05) is 0 Å². The molecule has 1 aliphatic carbocycles. The summed E-state index contributed by atoms with van der Waals surface area (Å²) in [6.45, 7) is 6.28. The Morgan fingerprint density at radius 1 is 1.26 bits per heavy atom. The fraction of sp³-hybridized carbons (Fsp3) is 0.647. The molecule has 2 heteroatoms. The number of benzene rings is 1. The Morgan fingerprint density at radius 2 is 2.00 bits per heavy atom. The van der Waals surface area contributed by atoms with Crippen LogP contribution >= 0.6 is 0 Å². The van der Waals surface area contributed by atoms with Crippen molar-refractivity contribution < 1.29 is 9.50 Å². The van der Waals surface area contributed by atoms with E-state index in [4.69, 9.17) is 0 Å². The topological polar surface area (TPSA) is 20.2 Å². The molecule has 1 saturated carbocycles. The van der Waals surface area contributed by atoms with Crippen LogP contribution in [0.25, 0.3) is 0 Å². The fourth-order valence-electron chi connectivity index (χ4n) is 3.24. The van der Waals surface area contributed by atoms with Crippen molar-refractivity contribution in [1.29, 1.82) is 0 Å². The van der Waals surface area contributed by atoms with Gasteiger partial charge in [0.05, 0.1) is 5.60 Å². The Balaban J connectivity index is 2.20. The van der Waals surface area contributed by atoms with E-state index in [1.54, 1.807) is 13.0 Å². The summed E-state index contributed by atoms with van der Waals surface area (Å²) in [7, 11) is 0. The normalized spacial score (nSPS) is 28.4. The van der Waals surface area contributed by atoms with Gasteiger partial charge in [0.2, 0.25) is 0 Å². The molecule has 1 aromatic rings. The van der Waals surface area contributed by atoms with E-state index >= 15 is 0 Å². The number of rotatable bonds is 2. The summed E-state index contributed by atoms with van der Waals surface area (Å²) in [4.78, 5) is 0.